The number of nitrogens with zero attached hydrogens (tertiary/aromatic N) is 3. The predicted molar refractivity (Wildman–Crippen MR) is 73.5 cm³/mol. The summed E-state index contributed by atoms with van der Waals surface area (Å²) in [5, 5.41) is 4.59. The van der Waals surface area contributed by atoms with Gasteiger partial charge in [0, 0.05) is 18.4 Å². The molecule has 2 N–H and O–H groups in total. The molecular weight excluding hydrogens is 224 g/mol. The SMILES string of the molecule is Cn1nc(C(C)(C)C)nc1C1CCCCC1CN. The first-order chi connectivity index (χ1) is 8.43. The van der Waals surface area contributed by atoms with Gasteiger partial charge in [-0.3, -0.25) is 4.68 Å². The minimum atomic E-state index is 0.0168. The van der Waals surface area contributed by atoms with Crippen LogP contribution >= 0.6 is 0 Å². The lowest BCUT2D eigenvalue weighted by Gasteiger charge is -2.29. The molecule has 0 bridgehead atoms. The van der Waals surface area contributed by atoms with Gasteiger partial charge in [0.15, 0.2) is 5.82 Å². The number of rotatable bonds is 2. The largest absolute Gasteiger partial charge is 0.330 e. The number of aromatic nitrogens is 3. The molecule has 1 saturated carbocycles. The molecule has 0 aliphatic heterocycles. The molecule has 18 heavy (non-hydrogen) atoms. The zero-order valence-corrected chi connectivity index (χ0v) is 12.1. The fourth-order valence-electron chi connectivity index (χ4n) is 2.87. The van der Waals surface area contributed by atoms with Crippen molar-refractivity contribution in [2.24, 2.45) is 18.7 Å². The van der Waals surface area contributed by atoms with Crippen LogP contribution in [0.5, 0.6) is 0 Å². The van der Waals surface area contributed by atoms with E-state index in [9.17, 15) is 0 Å². The van der Waals surface area contributed by atoms with Crippen molar-refractivity contribution in [3.8, 4) is 0 Å². The van der Waals surface area contributed by atoms with Crippen LogP contribution in [0.15, 0.2) is 0 Å². The van der Waals surface area contributed by atoms with Crippen molar-refractivity contribution in [1.82, 2.24) is 14.8 Å². The Labute approximate surface area is 110 Å². The topological polar surface area (TPSA) is 56.7 Å². The summed E-state index contributed by atoms with van der Waals surface area (Å²) >= 11 is 0. The monoisotopic (exact) mass is 250 g/mol. The highest BCUT2D eigenvalue weighted by atomic mass is 15.3. The van der Waals surface area contributed by atoms with E-state index in [1.165, 1.54) is 25.7 Å². The molecule has 2 rings (SSSR count). The molecule has 0 spiro atoms. The van der Waals surface area contributed by atoms with Crippen molar-refractivity contribution >= 4 is 0 Å². The van der Waals surface area contributed by atoms with E-state index < -0.39 is 0 Å². The molecule has 1 heterocycles. The number of aryl methyl sites for hydroxylation is 1. The van der Waals surface area contributed by atoms with Crippen LogP contribution in [0.4, 0.5) is 0 Å². The molecule has 1 aliphatic rings. The summed E-state index contributed by atoms with van der Waals surface area (Å²) in [4.78, 5) is 4.80. The Morgan fingerprint density at radius 3 is 2.50 bits per heavy atom. The molecule has 1 aromatic rings. The van der Waals surface area contributed by atoms with Gasteiger partial charge in [0.1, 0.15) is 5.82 Å². The number of hydrogen-bond donors (Lipinski definition) is 1. The average Bonchev–Trinajstić information content (AvgIpc) is 2.71. The fourth-order valence-corrected chi connectivity index (χ4v) is 2.87. The van der Waals surface area contributed by atoms with E-state index in [1.54, 1.807) is 0 Å². The first-order valence-corrected chi connectivity index (χ1v) is 7.05. The maximum Gasteiger partial charge on any atom is 0.156 e. The lowest BCUT2D eigenvalue weighted by molar-refractivity contribution is 0.298. The van der Waals surface area contributed by atoms with Gasteiger partial charge in [0.05, 0.1) is 0 Å². The molecule has 1 aromatic heterocycles. The number of hydrogen-bond acceptors (Lipinski definition) is 3. The Morgan fingerprint density at radius 1 is 1.28 bits per heavy atom. The van der Waals surface area contributed by atoms with Crippen molar-refractivity contribution < 1.29 is 0 Å². The van der Waals surface area contributed by atoms with Crippen LogP contribution < -0.4 is 5.73 Å². The molecule has 0 saturated heterocycles. The average molecular weight is 250 g/mol. The molecular formula is C14H26N4. The minimum absolute atomic E-state index is 0.0168. The molecule has 0 radical (unpaired) electrons. The molecule has 4 nitrogen and oxygen atoms in total. The molecule has 1 aliphatic carbocycles. The smallest absolute Gasteiger partial charge is 0.156 e. The highest BCUT2D eigenvalue weighted by Crippen LogP contribution is 2.36. The third-order valence-corrected chi connectivity index (χ3v) is 4.01. The zero-order chi connectivity index (χ0) is 13.3. The Bertz CT molecular complexity index is 402. The zero-order valence-electron chi connectivity index (χ0n) is 12.1. The Kier molecular flexibility index (Phi) is 3.76. The Balaban J connectivity index is 2.29. The second kappa shape index (κ2) is 5.00. The van der Waals surface area contributed by atoms with Gasteiger partial charge in [-0.25, -0.2) is 4.98 Å². The molecule has 1 fully saturated rings. The summed E-state index contributed by atoms with van der Waals surface area (Å²) in [6.45, 7) is 7.25. The lowest BCUT2D eigenvalue weighted by atomic mass is 9.78. The van der Waals surface area contributed by atoms with E-state index in [2.05, 4.69) is 25.9 Å². The van der Waals surface area contributed by atoms with E-state index in [-0.39, 0.29) is 5.41 Å². The standard InChI is InChI=1S/C14H26N4/c1-14(2,3)13-16-12(18(4)17-13)11-8-6-5-7-10(11)9-15/h10-11H,5-9,15H2,1-4H3. The van der Waals surface area contributed by atoms with E-state index >= 15 is 0 Å². The van der Waals surface area contributed by atoms with Crippen LogP contribution in [0.2, 0.25) is 0 Å². The summed E-state index contributed by atoms with van der Waals surface area (Å²) in [5.41, 5.74) is 5.93. The second-order valence-electron chi connectivity index (χ2n) is 6.55. The normalized spacial score (nSPS) is 25.4. The summed E-state index contributed by atoms with van der Waals surface area (Å²) in [6, 6.07) is 0. The minimum Gasteiger partial charge on any atom is -0.330 e. The fraction of sp³-hybridized carbons (Fsp3) is 0.857. The maximum atomic E-state index is 5.92. The van der Waals surface area contributed by atoms with Crippen LogP contribution in [0.3, 0.4) is 0 Å². The molecule has 0 amide bonds. The third kappa shape index (κ3) is 2.58. The van der Waals surface area contributed by atoms with Crippen LogP contribution in [-0.2, 0) is 12.5 Å². The second-order valence-corrected chi connectivity index (χ2v) is 6.55. The van der Waals surface area contributed by atoms with Crippen LogP contribution in [0.25, 0.3) is 0 Å². The first kappa shape index (κ1) is 13.5. The van der Waals surface area contributed by atoms with Gasteiger partial charge in [-0.05, 0) is 25.3 Å². The highest BCUT2D eigenvalue weighted by Gasteiger charge is 2.31. The molecule has 0 aromatic carbocycles. The maximum absolute atomic E-state index is 5.92. The first-order valence-electron chi connectivity index (χ1n) is 7.05. The summed E-state index contributed by atoms with van der Waals surface area (Å²) in [6.07, 6.45) is 5.04. The van der Waals surface area contributed by atoms with Crippen molar-refractivity contribution in [2.75, 3.05) is 6.54 Å². The Hall–Kier alpha value is -0.900. The highest BCUT2D eigenvalue weighted by molar-refractivity contribution is 5.08. The van der Waals surface area contributed by atoms with Gasteiger partial charge in [-0.15, -0.1) is 0 Å². The van der Waals surface area contributed by atoms with Gasteiger partial charge in [-0.1, -0.05) is 33.6 Å². The summed E-state index contributed by atoms with van der Waals surface area (Å²) in [7, 11) is 2.01. The van der Waals surface area contributed by atoms with Crippen molar-refractivity contribution in [3.05, 3.63) is 11.6 Å². The molecule has 2 unspecified atom stereocenters. The summed E-state index contributed by atoms with van der Waals surface area (Å²) in [5.74, 6) is 3.16. The van der Waals surface area contributed by atoms with E-state index in [0.717, 1.165) is 18.2 Å². The summed E-state index contributed by atoms with van der Waals surface area (Å²) < 4.78 is 1.97. The van der Waals surface area contributed by atoms with Gasteiger partial charge >= 0.3 is 0 Å². The molecule has 2 atom stereocenters. The van der Waals surface area contributed by atoms with Crippen molar-refractivity contribution in [1.29, 1.82) is 0 Å². The van der Waals surface area contributed by atoms with Gasteiger partial charge < -0.3 is 5.73 Å². The van der Waals surface area contributed by atoms with Crippen molar-refractivity contribution in [2.45, 2.75) is 57.8 Å². The number of nitrogens with two attached hydrogens (primary N) is 1. The van der Waals surface area contributed by atoms with E-state index in [1.807, 2.05) is 11.7 Å². The van der Waals surface area contributed by atoms with Crippen LogP contribution in [0, 0.1) is 5.92 Å². The van der Waals surface area contributed by atoms with E-state index in [0.29, 0.717) is 11.8 Å². The van der Waals surface area contributed by atoms with Crippen LogP contribution in [0.1, 0.15) is 64.0 Å². The quantitative estimate of drug-likeness (QED) is 0.876. The van der Waals surface area contributed by atoms with Gasteiger partial charge in [0.2, 0.25) is 0 Å². The van der Waals surface area contributed by atoms with Crippen LogP contribution in [-0.4, -0.2) is 21.3 Å². The molecule has 102 valence electrons. The predicted octanol–water partition coefficient (Wildman–Crippen LogP) is 2.35. The van der Waals surface area contributed by atoms with Crippen molar-refractivity contribution in [3.63, 3.8) is 0 Å². The van der Waals surface area contributed by atoms with E-state index in [4.69, 9.17) is 10.7 Å². The Morgan fingerprint density at radius 2 is 1.94 bits per heavy atom. The molecule has 4 heteroatoms. The van der Waals surface area contributed by atoms with Gasteiger partial charge in [0.25, 0.3) is 0 Å². The lowest BCUT2D eigenvalue weighted by Crippen LogP contribution is -2.27. The third-order valence-electron chi connectivity index (χ3n) is 4.01. The van der Waals surface area contributed by atoms with Gasteiger partial charge in [-0.2, -0.15) is 5.10 Å².